The number of aryl methyl sites for hydroxylation is 1. The molecule has 1 N–H and O–H groups in total. The standard InChI is InChI=1S/C16H26N2O2S/c1-13(2)15(18-7-9-20-10-8-18)12-17-16(19)6-5-14-4-3-11-21-14/h3-4,11,13,15H,5-10,12H2,1-2H3,(H,17,19)/t15-/m1/s1. The van der Waals surface area contributed by atoms with Crippen molar-refractivity contribution in [3.8, 4) is 0 Å². The first-order valence-electron chi connectivity index (χ1n) is 7.77. The molecule has 4 nitrogen and oxygen atoms in total. The van der Waals surface area contributed by atoms with E-state index in [1.165, 1.54) is 4.88 Å². The van der Waals surface area contributed by atoms with Gasteiger partial charge in [0.2, 0.25) is 5.91 Å². The third kappa shape index (κ3) is 5.41. The fraction of sp³-hybridized carbons (Fsp3) is 0.688. The zero-order chi connectivity index (χ0) is 15.1. The predicted octanol–water partition coefficient (Wildman–Crippen LogP) is 2.15. The van der Waals surface area contributed by atoms with Gasteiger partial charge in [0.05, 0.1) is 13.2 Å². The van der Waals surface area contributed by atoms with Crippen molar-refractivity contribution in [3.05, 3.63) is 22.4 Å². The van der Waals surface area contributed by atoms with Gasteiger partial charge in [-0.2, -0.15) is 0 Å². The first-order chi connectivity index (χ1) is 10.2. The largest absolute Gasteiger partial charge is 0.379 e. The van der Waals surface area contributed by atoms with Crippen LogP contribution in [0.3, 0.4) is 0 Å². The quantitative estimate of drug-likeness (QED) is 0.839. The van der Waals surface area contributed by atoms with Crippen molar-refractivity contribution in [2.24, 2.45) is 5.92 Å². The van der Waals surface area contributed by atoms with Crippen LogP contribution in [0.2, 0.25) is 0 Å². The third-order valence-corrected chi connectivity index (χ3v) is 4.91. The van der Waals surface area contributed by atoms with Gasteiger partial charge in [-0.05, 0) is 23.8 Å². The summed E-state index contributed by atoms with van der Waals surface area (Å²) in [6.45, 7) is 8.71. The number of morpholine rings is 1. The average molecular weight is 310 g/mol. The molecule has 1 aromatic heterocycles. The third-order valence-electron chi connectivity index (χ3n) is 3.97. The van der Waals surface area contributed by atoms with Crippen LogP contribution in [-0.4, -0.2) is 49.7 Å². The summed E-state index contributed by atoms with van der Waals surface area (Å²) < 4.78 is 5.41. The number of nitrogens with one attached hydrogen (secondary N) is 1. The topological polar surface area (TPSA) is 41.6 Å². The minimum Gasteiger partial charge on any atom is -0.379 e. The molecule has 2 heterocycles. The first-order valence-corrected chi connectivity index (χ1v) is 8.65. The minimum absolute atomic E-state index is 0.155. The molecule has 1 atom stereocenters. The van der Waals surface area contributed by atoms with Crippen LogP contribution in [0.15, 0.2) is 17.5 Å². The molecular formula is C16H26N2O2S. The van der Waals surface area contributed by atoms with Gasteiger partial charge in [0.25, 0.3) is 0 Å². The van der Waals surface area contributed by atoms with E-state index in [1.807, 2.05) is 6.07 Å². The highest BCUT2D eigenvalue weighted by atomic mass is 32.1. The molecule has 5 heteroatoms. The molecule has 1 fully saturated rings. The Morgan fingerprint density at radius 3 is 2.81 bits per heavy atom. The molecule has 2 rings (SSSR count). The Morgan fingerprint density at radius 2 is 2.19 bits per heavy atom. The van der Waals surface area contributed by atoms with E-state index < -0.39 is 0 Å². The van der Waals surface area contributed by atoms with Crippen LogP contribution in [0.5, 0.6) is 0 Å². The fourth-order valence-corrected chi connectivity index (χ4v) is 3.40. The molecule has 0 saturated carbocycles. The van der Waals surface area contributed by atoms with Crippen molar-refractivity contribution in [2.45, 2.75) is 32.7 Å². The molecule has 0 bridgehead atoms. The van der Waals surface area contributed by atoms with Crippen molar-refractivity contribution in [3.63, 3.8) is 0 Å². The van der Waals surface area contributed by atoms with Gasteiger partial charge in [-0.25, -0.2) is 0 Å². The van der Waals surface area contributed by atoms with Crippen LogP contribution in [-0.2, 0) is 16.0 Å². The predicted molar refractivity (Wildman–Crippen MR) is 86.7 cm³/mol. The summed E-state index contributed by atoms with van der Waals surface area (Å²) in [5.41, 5.74) is 0. The summed E-state index contributed by atoms with van der Waals surface area (Å²) in [4.78, 5) is 15.7. The maximum Gasteiger partial charge on any atom is 0.220 e. The Morgan fingerprint density at radius 1 is 1.43 bits per heavy atom. The lowest BCUT2D eigenvalue weighted by Gasteiger charge is -2.36. The lowest BCUT2D eigenvalue weighted by Crippen LogP contribution is -2.51. The molecule has 0 radical (unpaired) electrons. The van der Waals surface area contributed by atoms with E-state index in [4.69, 9.17) is 4.74 Å². The highest BCUT2D eigenvalue weighted by molar-refractivity contribution is 7.09. The Labute approximate surface area is 131 Å². The van der Waals surface area contributed by atoms with E-state index in [9.17, 15) is 4.79 Å². The maximum absolute atomic E-state index is 12.0. The van der Waals surface area contributed by atoms with Crippen LogP contribution < -0.4 is 5.32 Å². The number of hydrogen-bond donors (Lipinski definition) is 1. The van der Waals surface area contributed by atoms with Crippen LogP contribution >= 0.6 is 11.3 Å². The molecule has 0 aromatic carbocycles. The SMILES string of the molecule is CC(C)[C@@H](CNC(=O)CCc1cccs1)N1CCOCC1. The highest BCUT2D eigenvalue weighted by Gasteiger charge is 2.24. The number of carbonyl (C=O) groups is 1. The zero-order valence-corrected chi connectivity index (χ0v) is 13.8. The van der Waals surface area contributed by atoms with Gasteiger partial charge in [0.15, 0.2) is 0 Å². The van der Waals surface area contributed by atoms with Crippen LogP contribution in [0.25, 0.3) is 0 Å². The van der Waals surface area contributed by atoms with Crippen LogP contribution in [0.4, 0.5) is 0 Å². The molecule has 1 aromatic rings. The Bertz CT molecular complexity index is 414. The lowest BCUT2D eigenvalue weighted by molar-refractivity contribution is -0.121. The number of hydrogen-bond acceptors (Lipinski definition) is 4. The van der Waals surface area contributed by atoms with Gasteiger partial charge in [-0.1, -0.05) is 19.9 Å². The van der Waals surface area contributed by atoms with E-state index in [0.717, 1.165) is 39.3 Å². The number of thiophene rings is 1. The normalized spacial score (nSPS) is 17.9. The number of rotatable bonds is 7. The average Bonchev–Trinajstić information content (AvgIpc) is 2.99. The van der Waals surface area contributed by atoms with Gasteiger partial charge < -0.3 is 10.1 Å². The fourth-order valence-electron chi connectivity index (χ4n) is 2.69. The van der Waals surface area contributed by atoms with Crippen molar-refractivity contribution in [1.29, 1.82) is 0 Å². The molecule has 1 saturated heterocycles. The summed E-state index contributed by atoms with van der Waals surface area (Å²) in [5.74, 6) is 0.683. The van der Waals surface area contributed by atoms with E-state index in [0.29, 0.717) is 18.4 Å². The maximum atomic E-state index is 12.0. The van der Waals surface area contributed by atoms with E-state index in [1.54, 1.807) is 11.3 Å². The lowest BCUT2D eigenvalue weighted by atomic mass is 10.0. The zero-order valence-electron chi connectivity index (χ0n) is 13.0. The smallest absolute Gasteiger partial charge is 0.220 e. The number of carbonyl (C=O) groups excluding carboxylic acids is 1. The van der Waals surface area contributed by atoms with E-state index in [-0.39, 0.29) is 5.91 Å². The summed E-state index contributed by atoms with van der Waals surface area (Å²) in [5, 5.41) is 5.16. The Hall–Kier alpha value is -0.910. The molecule has 1 aliphatic heterocycles. The van der Waals surface area contributed by atoms with Crippen molar-refractivity contribution in [1.82, 2.24) is 10.2 Å². The molecule has 1 amide bonds. The second-order valence-electron chi connectivity index (χ2n) is 5.84. The van der Waals surface area contributed by atoms with Crippen molar-refractivity contribution >= 4 is 17.2 Å². The minimum atomic E-state index is 0.155. The molecular weight excluding hydrogens is 284 g/mol. The Balaban J connectivity index is 1.74. The van der Waals surface area contributed by atoms with Crippen LogP contribution in [0.1, 0.15) is 25.1 Å². The monoisotopic (exact) mass is 310 g/mol. The Kier molecular flexibility index (Phi) is 6.67. The molecule has 0 unspecified atom stereocenters. The van der Waals surface area contributed by atoms with E-state index in [2.05, 4.69) is 35.5 Å². The number of ether oxygens (including phenoxy) is 1. The van der Waals surface area contributed by atoms with Gasteiger partial charge in [0, 0.05) is 37.0 Å². The van der Waals surface area contributed by atoms with Crippen molar-refractivity contribution in [2.75, 3.05) is 32.8 Å². The van der Waals surface area contributed by atoms with Gasteiger partial charge in [0.1, 0.15) is 0 Å². The molecule has 1 aliphatic rings. The van der Waals surface area contributed by atoms with Gasteiger partial charge in [-0.3, -0.25) is 9.69 Å². The molecule has 21 heavy (non-hydrogen) atoms. The molecule has 118 valence electrons. The summed E-state index contributed by atoms with van der Waals surface area (Å²) in [6.07, 6.45) is 1.42. The summed E-state index contributed by atoms with van der Waals surface area (Å²) in [6, 6.07) is 4.52. The first kappa shape index (κ1) is 16.5. The van der Waals surface area contributed by atoms with Gasteiger partial charge >= 0.3 is 0 Å². The number of nitrogens with zero attached hydrogens (tertiary/aromatic N) is 1. The van der Waals surface area contributed by atoms with Gasteiger partial charge in [-0.15, -0.1) is 11.3 Å². The second-order valence-corrected chi connectivity index (χ2v) is 6.88. The van der Waals surface area contributed by atoms with Crippen molar-refractivity contribution < 1.29 is 9.53 Å². The van der Waals surface area contributed by atoms with E-state index >= 15 is 0 Å². The molecule has 0 aliphatic carbocycles. The highest BCUT2D eigenvalue weighted by Crippen LogP contribution is 2.13. The summed E-state index contributed by atoms with van der Waals surface area (Å²) in [7, 11) is 0. The summed E-state index contributed by atoms with van der Waals surface area (Å²) >= 11 is 1.71. The second kappa shape index (κ2) is 8.51. The van der Waals surface area contributed by atoms with Crippen LogP contribution in [0, 0.1) is 5.92 Å². The molecule has 0 spiro atoms. The number of amides is 1.